The van der Waals surface area contributed by atoms with E-state index in [2.05, 4.69) is 4.72 Å². The van der Waals surface area contributed by atoms with Crippen LogP contribution in [0.4, 0.5) is 13.2 Å². The molecule has 1 heterocycles. The minimum absolute atomic E-state index is 0. The van der Waals surface area contributed by atoms with E-state index in [1.54, 1.807) is 31.1 Å². The van der Waals surface area contributed by atoms with E-state index in [1.807, 2.05) is 0 Å². The van der Waals surface area contributed by atoms with Crippen LogP contribution in [-0.2, 0) is 16.2 Å². The van der Waals surface area contributed by atoms with Crippen LogP contribution in [0.1, 0.15) is 17.4 Å². The molecule has 5 nitrogen and oxygen atoms in total. The van der Waals surface area contributed by atoms with Crippen LogP contribution < -0.4 is 4.72 Å². The third kappa shape index (κ3) is 5.37. The van der Waals surface area contributed by atoms with E-state index in [-0.39, 0.29) is 19.0 Å². The normalized spacial score (nSPS) is 13.5. The molecule has 26 heavy (non-hydrogen) atoms. The van der Waals surface area contributed by atoms with Crippen LogP contribution in [0.15, 0.2) is 45.9 Å². The van der Waals surface area contributed by atoms with E-state index in [1.165, 1.54) is 6.26 Å². The fourth-order valence-electron chi connectivity index (χ4n) is 2.18. The van der Waals surface area contributed by atoms with Crippen molar-refractivity contribution in [2.24, 2.45) is 0 Å². The summed E-state index contributed by atoms with van der Waals surface area (Å²) >= 11 is 5.51. The third-order valence-electron chi connectivity index (χ3n) is 3.52. The van der Waals surface area contributed by atoms with Gasteiger partial charge >= 0.3 is 6.18 Å². The van der Waals surface area contributed by atoms with Crippen molar-refractivity contribution in [1.82, 2.24) is 9.62 Å². The van der Waals surface area contributed by atoms with Crippen molar-refractivity contribution in [3.05, 3.63) is 52.9 Å². The molecule has 0 spiro atoms. The van der Waals surface area contributed by atoms with Crippen molar-refractivity contribution < 1.29 is 26.0 Å². The molecule has 0 aliphatic rings. The van der Waals surface area contributed by atoms with Crippen molar-refractivity contribution in [3.63, 3.8) is 0 Å². The molecular formula is C15H17Cl2F3N2O3S. The maximum Gasteiger partial charge on any atom is 0.417 e. The molecule has 2 rings (SSSR count). The van der Waals surface area contributed by atoms with Crippen LogP contribution in [0.3, 0.4) is 0 Å². The lowest BCUT2D eigenvalue weighted by Crippen LogP contribution is -2.34. The van der Waals surface area contributed by atoms with Crippen molar-refractivity contribution in [1.29, 1.82) is 0 Å². The smallest absolute Gasteiger partial charge is 0.417 e. The van der Waals surface area contributed by atoms with Crippen molar-refractivity contribution in [3.8, 4) is 0 Å². The lowest BCUT2D eigenvalue weighted by molar-refractivity contribution is -0.137. The van der Waals surface area contributed by atoms with Crippen LogP contribution in [-0.4, -0.2) is 34.0 Å². The van der Waals surface area contributed by atoms with E-state index in [0.717, 1.165) is 12.1 Å². The molecule has 1 atom stereocenters. The largest absolute Gasteiger partial charge is 0.468 e. The first-order chi connectivity index (χ1) is 11.5. The Morgan fingerprint density at radius 3 is 2.42 bits per heavy atom. The summed E-state index contributed by atoms with van der Waals surface area (Å²) in [6.07, 6.45) is -3.29. The fourth-order valence-corrected chi connectivity index (χ4v) is 3.47. The van der Waals surface area contributed by atoms with Gasteiger partial charge in [0.2, 0.25) is 10.0 Å². The lowest BCUT2D eigenvalue weighted by Gasteiger charge is -2.22. The van der Waals surface area contributed by atoms with Gasteiger partial charge in [0.15, 0.2) is 0 Å². The number of benzene rings is 1. The summed E-state index contributed by atoms with van der Waals surface area (Å²) in [5.41, 5.74) is -1.20. The molecule has 1 unspecified atom stereocenters. The zero-order chi connectivity index (χ0) is 18.8. The van der Waals surface area contributed by atoms with Gasteiger partial charge in [0.1, 0.15) is 5.76 Å². The summed E-state index contributed by atoms with van der Waals surface area (Å²) in [6, 6.07) is 5.38. The summed E-state index contributed by atoms with van der Waals surface area (Å²) in [5, 5.41) is -0.562. The van der Waals surface area contributed by atoms with E-state index in [0.29, 0.717) is 11.8 Å². The Morgan fingerprint density at radius 1 is 1.27 bits per heavy atom. The molecule has 0 aliphatic carbocycles. The van der Waals surface area contributed by atoms with Crippen LogP contribution >= 0.6 is 24.0 Å². The van der Waals surface area contributed by atoms with Crippen molar-refractivity contribution in [2.45, 2.75) is 17.1 Å². The zero-order valence-electron chi connectivity index (χ0n) is 13.7. The van der Waals surface area contributed by atoms with Crippen molar-refractivity contribution in [2.75, 3.05) is 20.6 Å². The first-order valence-electron chi connectivity index (χ1n) is 7.08. The maximum absolute atomic E-state index is 12.9. The van der Waals surface area contributed by atoms with Gasteiger partial charge in [-0.1, -0.05) is 11.6 Å². The summed E-state index contributed by atoms with van der Waals surface area (Å²) in [4.78, 5) is 1.21. The Balaban J connectivity index is 0.00000338. The molecule has 11 heteroatoms. The Labute approximate surface area is 160 Å². The molecule has 146 valence electrons. The number of nitrogens with zero attached hydrogens (tertiary/aromatic N) is 1. The Morgan fingerprint density at radius 2 is 1.92 bits per heavy atom. The Kier molecular flexibility index (Phi) is 7.55. The number of halogens is 5. The van der Waals surface area contributed by atoms with Crippen molar-refractivity contribution >= 4 is 34.0 Å². The van der Waals surface area contributed by atoms with Gasteiger partial charge in [-0.15, -0.1) is 12.4 Å². The molecule has 0 fully saturated rings. The van der Waals surface area contributed by atoms with Gasteiger partial charge in [-0.2, -0.15) is 13.2 Å². The Bertz CT molecular complexity index is 825. The van der Waals surface area contributed by atoms with Crippen LogP contribution in [0, 0.1) is 0 Å². The molecular weight excluding hydrogens is 416 g/mol. The molecule has 0 saturated carbocycles. The SMILES string of the molecule is CN(C)C(CNS(=O)(=O)c1ccc(Cl)c(C(F)(F)F)c1)c1ccco1.Cl. The summed E-state index contributed by atoms with van der Waals surface area (Å²) in [5.74, 6) is 0.528. The third-order valence-corrected chi connectivity index (χ3v) is 5.27. The second-order valence-corrected chi connectivity index (χ2v) is 7.66. The zero-order valence-corrected chi connectivity index (χ0v) is 16.1. The number of furan rings is 1. The Hall–Kier alpha value is -1.26. The highest BCUT2D eigenvalue weighted by Gasteiger charge is 2.34. The van der Waals surface area contributed by atoms with E-state index < -0.39 is 37.7 Å². The quantitative estimate of drug-likeness (QED) is 0.750. The van der Waals surface area contributed by atoms with Gasteiger partial charge in [-0.25, -0.2) is 13.1 Å². The topological polar surface area (TPSA) is 62.6 Å². The van der Waals surface area contributed by atoms with Gasteiger partial charge < -0.3 is 4.42 Å². The van der Waals surface area contributed by atoms with Gasteiger partial charge in [-0.05, 0) is 44.4 Å². The first-order valence-corrected chi connectivity index (χ1v) is 8.94. The lowest BCUT2D eigenvalue weighted by atomic mass is 10.2. The number of hydrogen-bond acceptors (Lipinski definition) is 4. The number of likely N-dealkylation sites (N-methyl/N-ethyl adjacent to an activating group) is 1. The molecule has 0 bridgehead atoms. The van der Waals surface area contributed by atoms with E-state index >= 15 is 0 Å². The average molecular weight is 433 g/mol. The minimum atomic E-state index is -4.75. The van der Waals surface area contributed by atoms with Gasteiger partial charge in [0.05, 0.1) is 27.8 Å². The second-order valence-electron chi connectivity index (χ2n) is 5.49. The van der Waals surface area contributed by atoms with Crippen LogP contribution in [0.2, 0.25) is 5.02 Å². The number of rotatable bonds is 6. The standard InChI is InChI=1S/C15H16ClF3N2O3S.ClH/c1-21(2)13(14-4-3-7-24-14)9-20-25(22,23)10-5-6-12(16)11(8-10)15(17,18)19;/h3-8,13,20H,9H2,1-2H3;1H. The molecule has 2 aromatic rings. The molecule has 1 N–H and O–H groups in total. The molecule has 1 aromatic heterocycles. The predicted molar refractivity (Wildman–Crippen MR) is 94.0 cm³/mol. The van der Waals surface area contributed by atoms with Gasteiger partial charge in [0, 0.05) is 6.54 Å². The predicted octanol–water partition coefficient (Wildman–Crippen LogP) is 3.95. The van der Waals surface area contributed by atoms with Gasteiger partial charge in [0.25, 0.3) is 0 Å². The maximum atomic E-state index is 12.9. The second kappa shape index (κ2) is 8.62. The van der Waals surface area contributed by atoms with Crippen LogP contribution in [0.5, 0.6) is 0 Å². The number of hydrogen-bond donors (Lipinski definition) is 1. The highest BCUT2D eigenvalue weighted by molar-refractivity contribution is 7.89. The van der Waals surface area contributed by atoms with Crippen LogP contribution in [0.25, 0.3) is 0 Å². The highest BCUT2D eigenvalue weighted by atomic mass is 35.5. The summed E-state index contributed by atoms with van der Waals surface area (Å²) in [6.45, 7) is -0.0766. The molecule has 0 amide bonds. The monoisotopic (exact) mass is 432 g/mol. The number of nitrogens with one attached hydrogen (secondary N) is 1. The average Bonchev–Trinajstić information content (AvgIpc) is 3.00. The molecule has 1 aromatic carbocycles. The molecule has 0 aliphatic heterocycles. The minimum Gasteiger partial charge on any atom is -0.468 e. The summed E-state index contributed by atoms with van der Waals surface area (Å²) < 4.78 is 71.0. The van der Waals surface area contributed by atoms with Gasteiger partial charge in [-0.3, -0.25) is 4.90 Å². The summed E-state index contributed by atoms with van der Waals surface area (Å²) in [7, 11) is -0.701. The number of alkyl halides is 3. The van der Waals surface area contributed by atoms with E-state index in [4.69, 9.17) is 16.0 Å². The molecule has 0 saturated heterocycles. The number of sulfonamides is 1. The molecule has 0 radical (unpaired) electrons. The van der Waals surface area contributed by atoms with E-state index in [9.17, 15) is 21.6 Å². The fraction of sp³-hybridized carbons (Fsp3) is 0.333. The highest BCUT2D eigenvalue weighted by Crippen LogP contribution is 2.35. The first kappa shape index (κ1) is 22.8.